The number of likely N-dealkylation sites (tertiary alicyclic amines) is 1. The number of aliphatic carboxylic acids is 2. The topological polar surface area (TPSA) is 322 Å². The molecule has 13 N–H and O–H groups in total. The third kappa shape index (κ3) is 11.5. The number of hydrogen-bond acceptors (Lipinski definition) is 10. The number of carboxylic acid groups (broad SMARTS) is 2. The summed E-state index contributed by atoms with van der Waals surface area (Å²) in [7, 11) is 0. The number of carboxylic acids is 2. The maximum absolute atomic E-state index is 12.9. The van der Waals surface area contributed by atoms with Gasteiger partial charge in [0.15, 0.2) is 5.96 Å². The van der Waals surface area contributed by atoms with Gasteiger partial charge in [-0.15, -0.1) is 0 Å². The second kappa shape index (κ2) is 17.3. The third-order valence-corrected chi connectivity index (χ3v) is 6.16. The van der Waals surface area contributed by atoms with Gasteiger partial charge >= 0.3 is 11.9 Å². The molecule has 5 amide bonds. The fraction of sp³-hybridized carbons (Fsp3) is 0.652. The van der Waals surface area contributed by atoms with E-state index >= 15 is 0 Å². The van der Waals surface area contributed by atoms with Gasteiger partial charge in [-0.1, -0.05) is 0 Å². The number of hydrogen-bond donors (Lipinski definition) is 10. The van der Waals surface area contributed by atoms with Gasteiger partial charge in [0.25, 0.3) is 0 Å². The lowest BCUT2D eigenvalue weighted by atomic mass is 10.1. The zero-order chi connectivity index (χ0) is 32.0. The van der Waals surface area contributed by atoms with E-state index in [-0.39, 0.29) is 38.3 Å². The number of aliphatic hydroxyl groups is 1. The molecular weight excluding hydrogens is 562 g/mol. The van der Waals surface area contributed by atoms with Gasteiger partial charge in [0, 0.05) is 13.1 Å². The van der Waals surface area contributed by atoms with Crippen LogP contribution in [0, 0.1) is 0 Å². The SMILES string of the molecule is C[C@H](NC(=O)[C@H](CCCN=C(N)N)NC(=O)CN)C(=O)N[C@H](CC(=O)O)C(=O)N[C@H](CO)C(=O)N1CCC[C@H]1C(=O)O. The number of nitrogens with zero attached hydrogens (tertiary/aromatic N) is 2. The van der Waals surface area contributed by atoms with Crippen molar-refractivity contribution < 1.29 is 48.9 Å². The van der Waals surface area contributed by atoms with Gasteiger partial charge in [-0.25, -0.2) is 4.79 Å². The average Bonchev–Trinajstić information content (AvgIpc) is 3.42. The molecule has 0 aromatic carbocycles. The first-order valence-corrected chi connectivity index (χ1v) is 13.0. The zero-order valence-electron chi connectivity index (χ0n) is 23.1. The number of rotatable bonds is 17. The highest BCUT2D eigenvalue weighted by Crippen LogP contribution is 2.18. The Labute approximate surface area is 240 Å². The lowest BCUT2D eigenvalue weighted by Crippen LogP contribution is -2.59. The second-order valence-electron chi connectivity index (χ2n) is 9.43. The van der Waals surface area contributed by atoms with Gasteiger partial charge in [-0.2, -0.15) is 0 Å². The Morgan fingerprint density at radius 3 is 2.10 bits per heavy atom. The van der Waals surface area contributed by atoms with Crippen molar-refractivity contribution in [3.8, 4) is 0 Å². The van der Waals surface area contributed by atoms with Crippen LogP contribution in [0.15, 0.2) is 4.99 Å². The Morgan fingerprint density at radius 2 is 1.55 bits per heavy atom. The van der Waals surface area contributed by atoms with Crippen LogP contribution in [0.5, 0.6) is 0 Å². The van der Waals surface area contributed by atoms with Crippen LogP contribution >= 0.6 is 0 Å². The molecule has 5 atom stereocenters. The van der Waals surface area contributed by atoms with Crippen molar-refractivity contribution in [2.75, 3.05) is 26.2 Å². The molecule has 0 aromatic rings. The fourth-order valence-corrected chi connectivity index (χ4v) is 4.03. The number of aliphatic imine (C=N–C) groups is 1. The van der Waals surface area contributed by atoms with E-state index in [9.17, 15) is 48.9 Å². The molecular formula is C23H39N9O10. The van der Waals surface area contributed by atoms with Crippen LogP contribution in [-0.2, 0) is 33.6 Å². The highest BCUT2D eigenvalue weighted by atomic mass is 16.4. The van der Waals surface area contributed by atoms with Crippen LogP contribution in [0.3, 0.4) is 0 Å². The molecule has 0 aromatic heterocycles. The third-order valence-electron chi connectivity index (χ3n) is 6.16. The van der Waals surface area contributed by atoms with Crippen LogP contribution < -0.4 is 38.5 Å². The van der Waals surface area contributed by atoms with Crippen molar-refractivity contribution in [1.82, 2.24) is 26.2 Å². The highest BCUT2D eigenvalue weighted by molar-refractivity contribution is 5.97. The van der Waals surface area contributed by atoms with Gasteiger partial charge < -0.3 is 58.7 Å². The predicted molar refractivity (Wildman–Crippen MR) is 144 cm³/mol. The summed E-state index contributed by atoms with van der Waals surface area (Å²) in [4.78, 5) is 90.5. The van der Waals surface area contributed by atoms with E-state index in [2.05, 4.69) is 26.3 Å². The summed E-state index contributed by atoms with van der Waals surface area (Å²) in [6, 6.07) is -6.94. The van der Waals surface area contributed by atoms with Crippen molar-refractivity contribution >= 4 is 47.4 Å². The van der Waals surface area contributed by atoms with E-state index in [1.807, 2.05) is 0 Å². The van der Waals surface area contributed by atoms with Crippen molar-refractivity contribution in [3.63, 3.8) is 0 Å². The molecule has 1 heterocycles. The summed E-state index contributed by atoms with van der Waals surface area (Å²) in [5.41, 5.74) is 15.8. The minimum absolute atomic E-state index is 0.0725. The first-order valence-electron chi connectivity index (χ1n) is 13.0. The minimum Gasteiger partial charge on any atom is -0.481 e. The molecule has 42 heavy (non-hydrogen) atoms. The number of carbonyl (C=O) groups is 7. The summed E-state index contributed by atoms with van der Waals surface area (Å²) in [5.74, 6) is -7.35. The quantitative estimate of drug-likeness (QED) is 0.0423. The van der Waals surface area contributed by atoms with Crippen molar-refractivity contribution in [3.05, 3.63) is 0 Å². The van der Waals surface area contributed by atoms with Crippen LogP contribution in [0.4, 0.5) is 0 Å². The van der Waals surface area contributed by atoms with E-state index in [4.69, 9.17) is 17.2 Å². The van der Waals surface area contributed by atoms with Crippen molar-refractivity contribution in [2.24, 2.45) is 22.2 Å². The van der Waals surface area contributed by atoms with E-state index < -0.39 is 91.3 Å². The fourth-order valence-electron chi connectivity index (χ4n) is 4.03. The monoisotopic (exact) mass is 601 g/mol. The summed E-state index contributed by atoms with van der Waals surface area (Å²) >= 11 is 0. The number of guanidine groups is 1. The molecule has 0 unspecified atom stereocenters. The van der Waals surface area contributed by atoms with Gasteiger partial charge in [0.1, 0.15) is 30.2 Å². The Morgan fingerprint density at radius 1 is 0.929 bits per heavy atom. The van der Waals surface area contributed by atoms with Gasteiger partial charge in [0.05, 0.1) is 19.6 Å². The smallest absolute Gasteiger partial charge is 0.326 e. The molecule has 1 fully saturated rings. The molecule has 0 saturated carbocycles. The predicted octanol–water partition coefficient (Wildman–Crippen LogP) is -5.50. The lowest BCUT2D eigenvalue weighted by molar-refractivity contribution is -0.150. The van der Waals surface area contributed by atoms with E-state index in [0.29, 0.717) is 6.42 Å². The Kier molecular flexibility index (Phi) is 14.6. The molecule has 236 valence electrons. The molecule has 19 heteroatoms. The molecule has 0 spiro atoms. The molecule has 1 saturated heterocycles. The van der Waals surface area contributed by atoms with Gasteiger partial charge in [-0.3, -0.25) is 33.8 Å². The summed E-state index contributed by atoms with van der Waals surface area (Å²) < 4.78 is 0. The van der Waals surface area contributed by atoms with E-state index in [0.717, 1.165) is 4.90 Å². The highest BCUT2D eigenvalue weighted by Gasteiger charge is 2.38. The number of nitrogens with one attached hydrogen (secondary N) is 4. The molecule has 19 nitrogen and oxygen atoms in total. The molecule has 1 aliphatic heterocycles. The standard InChI is InChI=1S/C23H39N9O10/c1-11(28-19(38)12(29-16(34)9-24)4-2-6-27-23(25)26)18(37)30-13(8-17(35)36)20(39)31-14(10-33)21(40)32-7-3-5-15(32)22(41)42/h11-15,33H,2-10,24H2,1H3,(H,28,38)(H,29,34)(H,30,37)(H,31,39)(H,35,36)(H,41,42)(H4,25,26,27)/t11-,12-,13+,14+,15-/m0/s1. The molecule has 1 aliphatic rings. The lowest BCUT2D eigenvalue weighted by Gasteiger charge is -2.28. The Bertz CT molecular complexity index is 1050. The number of nitrogens with two attached hydrogens (primary N) is 3. The van der Waals surface area contributed by atoms with Crippen molar-refractivity contribution in [1.29, 1.82) is 0 Å². The summed E-state index contributed by atoms with van der Waals surface area (Å²) in [6.45, 7) is 0.135. The van der Waals surface area contributed by atoms with Crippen LogP contribution in [0.2, 0.25) is 0 Å². The van der Waals surface area contributed by atoms with Crippen LogP contribution in [-0.4, -0.2) is 124 Å². The molecule has 0 radical (unpaired) electrons. The zero-order valence-corrected chi connectivity index (χ0v) is 23.1. The average molecular weight is 602 g/mol. The number of amides is 5. The number of carbonyl (C=O) groups excluding carboxylic acids is 5. The molecule has 0 aliphatic carbocycles. The molecule has 0 bridgehead atoms. The van der Waals surface area contributed by atoms with E-state index in [1.165, 1.54) is 6.92 Å². The Balaban J connectivity index is 2.91. The largest absolute Gasteiger partial charge is 0.481 e. The minimum atomic E-state index is -1.74. The number of aliphatic hydroxyl groups excluding tert-OH is 1. The summed E-state index contributed by atoms with van der Waals surface area (Å²) in [5, 5.41) is 37.3. The van der Waals surface area contributed by atoms with Crippen LogP contribution in [0.25, 0.3) is 0 Å². The first-order chi connectivity index (χ1) is 19.7. The maximum atomic E-state index is 12.9. The first kappa shape index (κ1) is 35.5. The van der Waals surface area contributed by atoms with Crippen LogP contribution in [0.1, 0.15) is 39.0 Å². The Hall–Kier alpha value is -4.52. The van der Waals surface area contributed by atoms with Crippen molar-refractivity contribution in [2.45, 2.75) is 69.2 Å². The second-order valence-corrected chi connectivity index (χ2v) is 9.43. The van der Waals surface area contributed by atoms with Gasteiger partial charge in [-0.05, 0) is 32.6 Å². The molecule has 1 rings (SSSR count). The van der Waals surface area contributed by atoms with Gasteiger partial charge in [0.2, 0.25) is 29.5 Å². The summed E-state index contributed by atoms with van der Waals surface area (Å²) in [6.07, 6.45) is -0.00260. The normalized spacial score (nSPS) is 17.1. The van der Waals surface area contributed by atoms with E-state index in [1.54, 1.807) is 0 Å². The maximum Gasteiger partial charge on any atom is 0.326 e.